The molecule has 20 heavy (non-hydrogen) atoms. The largest absolute Gasteiger partial charge is 0.354 e. The summed E-state index contributed by atoms with van der Waals surface area (Å²) in [7, 11) is 1.51. The third-order valence-corrected chi connectivity index (χ3v) is 2.71. The van der Waals surface area contributed by atoms with Gasteiger partial charge in [-0.1, -0.05) is 10.4 Å². The first kappa shape index (κ1) is 14.1. The molecule has 0 bridgehead atoms. The lowest BCUT2D eigenvalue weighted by Gasteiger charge is -2.07. The highest BCUT2D eigenvalue weighted by Crippen LogP contribution is 2.04. The normalized spacial score (nSPS) is 12.3. The number of hydrogen-bond acceptors (Lipinski definition) is 5. The Bertz CT molecular complexity index is 579. The van der Waals surface area contributed by atoms with Gasteiger partial charge in [0.2, 0.25) is 0 Å². The molecule has 1 N–H and O–H groups in total. The molecule has 0 aromatic carbocycles. The van der Waals surface area contributed by atoms with E-state index in [-0.39, 0.29) is 24.6 Å². The molecule has 9 heteroatoms. The van der Waals surface area contributed by atoms with Crippen LogP contribution in [0.3, 0.4) is 0 Å². The van der Waals surface area contributed by atoms with Gasteiger partial charge in [-0.05, 0) is 6.92 Å². The molecule has 0 fully saturated rings. The summed E-state index contributed by atoms with van der Waals surface area (Å²) in [5.74, 6) is -0.314. The van der Waals surface area contributed by atoms with Crippen molar-refractivity contribution in [2.24, 2.45) is 0 Å². The molecule has 0 aliphatic heterocycles. The maximum absolute atomic E-state index is 13.8. The number of aryl methyl sites for hydroxylation is 2. The highest BCUT2D eigenvalue weighted by Gasteiger charge is 2.12. The number of amides is 1. The Balaban J connectivity index is 1.82. The number of hydrogen-bond donors (Lipinski definition) is 1. The summed E-state index contributed by atoms with van der Waals surface area (Å²) >= 11 is 0. The van der Waals surface area contributed by atoms with E-state index in [1.54, 1.807) is 13.1 Å². The monoisotopic (exact) mass is 281 g/mol. The van der Waals surface area contributed by atoms with E-state index in [2.05, 4.69) is 25.9 Å². The van der Waals surface area contributed by atoms with Crippen molar-refractivity contribution >= 4 is 5.91 Å². The maximum atomic E-state index is 13.8. The van der Waals surface area contributed by atoms with Crippen molar-refractivity contribution in [1.29, 1.82) is 0 Å². The maximum Gasteiger partial charge on any atom is 0.273 e. The third-order valence-electron chi connectivity index (χ3n) is 2.71. The van der Waals surface area contributed by atoms with Crippen LogP contribution in [0, 0.1) is 6.92 Å². The number of nitrogens with one attached hydrogen (secondary N) is 1. The zero-order chi connectivity index (χ0) is 14.5. The second-order valence-corrected chi connectivity index (χ2v) is 4.41. The first-order valence-corrected chi connectivity index (χ1v) is 6.21. The standard InChI is InChI=1S/C11H16FN7O/c1-8-5-19(16-14-8)6-9(12)3-4-18-7-10(15-17-18)11(20)13-2/h5,7,9H,3-4,6H2,1-2H3,(H,13,20). The van der Waals surface area contributed by atoms with Gasteiger partial charge in [-0.15, -0.1) is 10.2 Å². The molecule has 0 aliphatic rings. The zero-order valence-corrected chi connectivity index (χ0v) is 11.3. The van der Waals surface area contributed by atoms with Gasteiger partial charge in [0.25, 0.3) is 5.91 Å². The molecule has 108 valence electrons. The summed E-state index contributed by atoms with van der Waals surface area (Å²) in [5, 5.41) is 17.5. The topological polar surface area (TPSA) is 90.5 Å². The molecule has 0 aliphatic carbocycles. The highest BCUT2D eigenvalue weighted by atomic mass is 19.1. The van der Waals surface area contributed by atoms with Crippen LogP contribution < -0.4 is 5.32 Å². The molecule has 2 rings (SSSR count). The summed E-state index contributed by atoms with van der Waals surface area (Å²) < 4.78 is 16.7. The smallest absolute Gasteiger partial charge is 0.273 e. The molecule has 8 nitrogen and oxygen atoms in total. The lowest BCUT2D eigenvalue weighted by atomic mass is 10.3. The number of carbonyl (C=O) groups excluding carboxylic acids is 1. The van der Waals surface area contributed by atoms with Crippen molar-refractivity contribution in [1.82, 2.24) is 35.3 Å². The molecule has 1 amide bonds. The van der Waals surface area contributed by atoms with Crippen LogP contribution in [-0.2, 0) is 13.1 Å². The Morgan fingerprint density at radius 1 is 1.35 bits per heavy atom. The molecule has 1 unspecified atom stereocenters. The average molecular weight is 281 g/mol. The summed E-state index contributed by atoms with van der Waals surface area (Å²) in [6.45, 7) is 2.29. The van der Waals surface area contributed by atoms with Gasteiger partial charge in [0, 0.05) is 26.2 Å². The highest BCUT2D eigenvalue weighted by molar-refractivity contribution is 5.91. The second kappa shape index (κ2) is 6.22. The van der Waals surface area contributed by atoms with E-state index >= 15 is 0 Å². The number of carbonyl (C=O) groups is 1. The molecule has 0 spiro atoms. The fourth-order valence-electron chi connectivity index (χ4n) is 1.69. The molecule has 0 saturated carbocycles. The number of aromatic nitrogens is 6. The van der Waals surface area contributed by atoms with Crippen LogP contribution in [0.15, 0.2) is 12.4 Å². The lowest BCUT2D eigenvalue weighted by molar-refractivity contribution is 0.0958. The molecule has 0 saturated heterocycles. The van der Waals surface area contributed by atoms with Gasteiger partial charge in [-0.3, -0.25) is 9.48 Å². The molecule has 2 aromatic rings. The number of rotatable bonds is 6. The first-order valence-electron chi connectivity index (χ1n) is 6.21. The van der Waals surface area contributed by atoms with Gasteiger partial charge in [0.1, 0.15) is 6.17 Å². The number of halogens is 1. The molecule has 2 aromatic heterocycles. The van der Waals surface area contributed by atoms with E-state index in [1.807, 2.05) is 0 Å². The summed E-state index contributed by atoms with van der Waals surface area (Å²) in [5.41, 5.74) is 0.971. The number of alkyl halides is 1. The van der Waals surface area contributed by atoms with Crippen LogP contribution in [0.25, 0.3) is 0 Å². The van der Waals surface area contributed by atoms with Crippen LogP contribution in [-0.4, -0.2) is 49.1 Å². The van der Waals surface area contributed by atoms with E-state index < -0.39 is 6.17 Å². The molecular formula is C11H16FN7O. The van der Waals surface area contributed by atoms with E-state index in [0.717, 1.165) is 5.69 Å². The minimum atomic E-state index is -1.07. The Labute approximate surface area is 115 Å². The molecule has 2 heterocycles. The van der Waals surface area contributed by atoms with Crippen molar-refractivity contribution in [3.63, 3.8) is 0 Å². The summed E-state index contributed by atoms with van der Waals surface area (Å²) in [4.78, 5) is 11.3. The van der Waals surface area contributed by atoms with Crippen molar-refractivity contribution < 1.29 is 9.18 Å². The second-order valence-electron chi connectivity index (χ2n) is 4.41. The predicted molar refractivity (Wildman–Crippen MR) is 67.7 cm³/mol. The Morgan fingerprint density at radius 3 is 2.75 bits per heavy atom. The Hall–Kier alpha value is -2.32. The predicted octanol–water partition coefficient (Wildman–Crippen LogP) is -0.0340. The molecule has 1 atom stereocenters. The van der Waals surface area contributed by atoms with Crippen LogP contribution in [0.5, 0.6) is 0 Å². The quantitative estimate of drug-likeness (QED) is 0.802. The lowest BCUT2D eigenvalue weighted by Crippen LogP contribution is -2.18. The van der Waals surface area contributed by atoms with Crippen molar-refractivity contribution in [3.8, 4) is 0 Å². The van der Waals surface area contributed by atoms with Gasteiger partial charge in [0.05, 0.1) is 18.4 Å². The fraction of sp³-hybridized carbons (Fsp3) is 0.545. The van der Waals surface area contributed by atoms with Gasteiger partial charge in [-0.2, -0.15) is 0 Å². The van der Waals surface area contributed by atoms with E-state index in [4.69, 9.17) is 0 Å². The van der Waals surface area contributed by atoms with Gasteiger partial charge < -0.3 is 5.32 Å². The fourth-order valence-corrected chi connectivity index (χ4v) is 1.69. The third kappa shape index (κ3) is 3.59. The SMILES string of the molecule is CNC(=O)c1cn(CCC(F)Cn2cc(C)nn2)nn1. The van der Waals surface area contributed by atoms with Crippen molar-refractivity contribution in [2.75, 3.05) is 7.05 Å². The van der Waals surface area contributed by atoms with Crippen LogP contribution in [0.4, 0.5) is 4.39 Å². The van der Waals surface area contributed by atoms with Crippen molar-refractivity contribution in [2.45, 2.75) is 32.6 Å². The minimum absolute atomic E-state index is 0.151. The van der Waals surface area contributed by atoms with Gasteiger partial charge in [-0.25, -0.2) is 9.07 Å². The van der Waals surface area contributed by atoms with Crippen LogP contribution in [0.1, 0.15) is 22.6 Å². The first-order chi connectivity index (χ1) is 9.58. The van der Waals surface area contributed by atoms with Crippen molar-refractivity contribution in [3.05, 3.63) is 23.8 Å². The Morgan fingerprint density at radius 2 is 2.10 bits per heavy atom. The van der Waals surface area contributed by atoms with Crippen LogP contribution in [0.2, 0.25) is 0 Å². The number of nitrogens with zero attached hydrogens (tertiary/aromatic N) is 6. The summed E-state index contributed by atoms with van der Waals surface area (Å²) in [6, 6.07) is 0. The van der Waals surface area contributed by atoms with Crippen LogP contribution >= 0.6 is 0 Å². The van der Waals surface area contributed by atoms with Gasteiger partial charge >= 0.3 is 0 Å². The minimum Gasteiger partial charge on any atom is -0.354 e. The zero-order valence-electron chi connectivity index (χ0n) is 11.3. The molecular weight excluding hydrogens is 265 g/mol. The Kier molecular flexibility index (Phi) is 4.38. The van der Waals surface area contributed by atoms with E-state index in [1.165, 1.54) is 22.6 Å². The van der Waals surface area contributed by atoms with Gasteiger partial charge in [0.15, 0.2) is 5.69 Å². The van der Waals surface area contributed by atoms with E-state index in [9.17, 15) is 9.18 Å². The van der Waals surface area contributed by atoms with E-state index in [0.29, 0.717) is 6.54 Å². The average Bonchev–Trinajstić information content (AvgIpc) is 3.05. The summed E-state index contributed by atoms with van der Waals surface area (Å²) in [6.07, 6.45) is 2.37. The molecule has 0 radical (unpaired) electrons.